The first-order chi connectivity index (χ1) is 13.9. The Hall–Kier alpha value is -1.90. The van der Waals surface area contributed by atoms with Crippen molar-refractivity contribution in [2.45, 2.75) is 38.1 Å². The van der Waals surface area contributed by atoms with Gasteiger partial charge in [0, 0.05) is 50.9 Å². The zero-order valence-electron chi connectivity index (χ0n) is 17.3. The second-order valence-corrected chi connectivity index (χ2v) is 9.60. The van der Waals surface area contributed by atoms with Crippen LogP contribution < -0.4 is 4.74 Å². The van der Waals surface area contributed by atoms with Gasteiger partial charge in [-0.1, -0.05) is 37.5 Å². The molecule has 0 bridgehead atoms. The summed E-state index contributed by atoms with van der Waals surface area (Å²) in [5, 5.41) is 0. The number of amides is 1. The van der Waals surface area contributed by atoms with Crippen molar-refractivity contribution in [3.63, 3.8) is 0 Å². The Kier molecular flexibility index (Phi) is 7.32. The molecular formula is C21H31N3O4S. The van der Waals surface area contributed by atoms with Gasteiger partial charge in [-0.15, -0.1) is 0 Å². The molecular weight excluding hydrogens is 390 g/mol. The van der Waals surface area contributed by atoms with E-state index >= 15 is 0 Å². The van der Waals surface area contributed by atoms with E-state index in [0.717, 1.165) is 31.2 Å². The van der Waals surface area contributed by atoms with Crippen LogP contribution in [0, 0.1) is 0 Å². The Morgan fingerprint density at radius 2 is 1.76 bits per heavy atom. The molecule has 2 aliphatic rings. The van der Waals surface area contributed by atoms with Crippen LogP contribution in [-0.2, 0) is 15.0 Å². The van der Waals surface area contributed by atoms with Gasteiger partial charge < -0.3 is 9.64 Å². The summed E-state index contributed by atoms with van der Waals surface area (Å²) in [5.41, 5.74) is 0.832. The van der Waals surface area contributed by atoms with Crippen molar-refractivity contribution in [1.29, 1.82) is 0 Å². The molecule has 29 heavy (non-hydrogen) atoms. The van der Waals surface area contributed by atoms with Gasteiger partial charge in [0.1, 0.15) is 5.75 Å². The minimum atomic E-state index is -3.48. The van der Waals surface area contributed by atoms with Gasteiger partial charge in [0.05, 0.1) is 7.11 Å². The second kappa shape index (κ2) is 9.73. The van der Waals surface area contributed by atoms with Crippen LogP contribution in [-0.4, -0.2) is 74.2 Å². The summed E-state index contributed by atoms with van der Waals surface area (Å²) in [6.07, 6.45) is 8.49. The average molecular weight is 422 g/mol. The molecule has 8 heteroatoms. The Labute approximate surface area is 174 Å². The van der Waals surface area contributed by atoms with E-state index in [1.165, 1.54) is 16.8 Å². The van der Waals surface area contributed by atoms with E-state index in [1.807, 2.05) is 24.3 Å². The van der Waals surface area contributed by atoms with Gasteiger partial charge >= 0.3 is 0 Å². The van der Waals surface area contributed by atoms with E-state index < -0.39 is 10.2 Å². The summed E-state index contributed by atoms with van der Waals surface area (Å²) in [7, 11) is -0.192. The number of ether oxygens (including phenoxy) is 1. The highest BCUT2D eigenvalue weighted by atomic mass is 32.2. The first kappa shape index (κ1) is 21.8. The van der Waals surface area contributed by atoms with Gasteiger partial charge in [-0.3, -0.25) is 4.79 Å². The first-order valence-corrected chi connectivity index (χ1v) is 11.7. The van der Waals surface area contributed by atoms with Crippen LogP contribution in [0.1, 0.15) is 37.7 Å². The predicted octanol–water partition coefficient (Wildman–Crippen LogP) is 2.36. The fraction of sp³-hybridized carbons (Fsp3) is 0.571. The molecule has 2 fully saturated rings. The summed E-state index contributed by atoms with van der Waals surface area (Å²) < 4.78 is 34.3. The van der Waals surface area contributed by atoms with Crippen molar-refractivity contribution >= 4 is 22.2 Å². The topological polar surface area (TPSA) is 70.2 Å². The van der Waals surface area contributed by atoms with E-state index in [0.29, 0.717) is 31.9 Å². The van der Waals surface area contributed by atoms with E-state index in [9.17, 15) is 13.2 Å². The van der Waals surface area contributed by atoms with Crippen molar-refractivity contribution in [3.8, 4) is 5.75 Å². The molecule has 1 heterocycles. The highest BCUT2D eigenvalue weighted by Gasteiger charge is 2.35. The standard InChI is InChI=1S/C21H31N3O4S/c1-22(19-9-4-3-5-10-19)29(26,27)24-16-14-23(15-17-24)21(25)13-12-18-8-6-7-11-20(18)28-2/h6-8,11-13,19H,3-5,9-10,14-17H2,1-2H3/b13-12+. The van der Waals surface area contributed by atoms with Crippen molar-refractivity contribution in [2.24, 2.45) is 0 Å². The number of hydrogen-bond acceptors (Lipinski definition) is 4. The largest absolute Gasteiger partial charge is 0.496 e. The van der Waals surface area contributed by atoms with Gasteiger partial charge in [-0.05, 0) is 25.0 Å². The maximum Gasteiger partial charge on any atom is 0.282 e. The van der Waals surface area contributed by atoms with Crippen LogP contribution in [0.5, 0.6) is 5.75 Å². The molecule has 1 aromatic carbocycles. The third-order valence-corrected chi connectivity index (χ3v) is 7.92. The van der Waals surface area contributed by atoms with Crippen LogP contribution in [0.25, 0.3) is 6.08 Å². The molecule has 0 unspecified atom stereocenters. The van der Waals surface area contributed by atoms with Crippen LogP contribution in [0.2, 0.25) is 0 Å². The zero-order valence-corrected chi connectivity index (χ0v) is 18.1. The van der Waals surface area contributed by atoms with Crippen molar-refractivity contribution in [1.82, 2.24) is 13.5 Å². The number of carbonyl (C=O) groups is 1. The molecule has 1 amide bonds. The van der Waals surface area contributed by atoms with Crippen LogP contribution in [0.4, 0.5) is 0 Å². The molecule has 7 nitrogen and oxygen atoms in total. The van der Waals surface area contributed by atoms with Crippen LogP contribution in [0.3, 0.4) is 0 Å². The predicted molar refractivity (Wildman–Crippen MR) is 114 cm³/mol. The van der Waals surface area contributed by atoms with Crippen molar-refractivity contribution in [3.05, 3.63) is 35.9 Å². The molecule has 1 saturated heterocycles. The Bertz CT molecular complexity index is 826. The third kappa shape index (κ3) is 5.18. The lowest BCUT2D eigenvalue weighted by atomic mass is 9.96. The first-order valence-electron chi connectivity index (χ1n) is 10.3. The lowest BCUT2D eigenvalue weighted by Crippen LogP contribution is -2.55. The molecule has 160 valence electrons. The van der Waals surface area contributed by atoms with E-state index in [4.69, 9.17) is 4.74 Å². The third-order valence-electron chi connectivity index (χ3n) is 5.87. The molecule has 1 aliphatic heterocycles. The lowest BCUT2D eigenvalue weighted by Gasteiger charge is -2.38. The molecule has 0 aromatic heterocycles. The van der Waals surface area contributed by atoms with Crippen molar-refractivity contribution in [2.75, 3.05) is 40.3 Å². The minimum absolute atomic E-state index is 0.0946. The Morgan fingerprint density at radius 1 is 1.10 bits per heavy atom. The number of benzene rings is 1. The second-order valence-electron chi connectivity index (χ2n) is 7.62. The van der Waals surface area contributed by atoms with Crippen LogP contribution >= 0.6 is 0 Å². The maximum absolute atomic E-state index is 13.0. The molecule has 0 atom stereocenters. The zero-order chi connectivity index (χ0) is 20.9. The lowest BCUT2D eigenvalue weighted by molar-refractivity contribution is -0.127. The summed E-state index contributed by atoms with van der Waals surface area (Å²) in [6.45, 7) is 1.45. The monoisotopic (exact) mass is 421 g/mol. The SMILES string of the molecule is COc1ccccc1/C=C/C(=O)N1CCN(S(=O)(=O)N(C)C2CCCCC2)CC1. The number of carbonyl (C=O) groups excluding carboxylic acids is 1. The summed E-state index contributed by atoms with van der Waals surface area (Å²) in [5.74, 6) is 0.590. The summed E-state index contributed by atoms with van der Waals surface area (Å²) in [4.78, 5) is 14.2. The van der Waals surface area contributed by atoms with Gasteiger partial charge in [-0.25, -0.2) is 0 Å². The van der Waals surface area contributed by atoms with Gasteiger partial charge in [0.2, 0.25) is 5.91 Å². The number of methoxy groups -OCH3 is 1. The highest BCUT2D eigenvalue weighted by Crippen LogP contribution is 2.25. The Balaban J connectivity index is 1.56. The van der Waals surface area contributed by atoms with E-state index in [-0.39, 0.29) is 11.9 Å². The van der Waals surface area contributed by atoms with Gasteiger partial charge in [0.15, 0.2) is 0 Å². The molecule has 0 radical (unpaired) electrons. The number of rotatable bonds is 6. The number of piperazine rings is 1. The number of nitrogens with zero attached hydrogens (tertiary/aromatic N) is 3. The molecule has 0 N–H and O–H groups in total. The van der Waals surface area contributed by atoms with E-state index in [2.05, 4.69) is 0 Å². The summed E-state index contributed by atoms with van der Waals surface area (Å²) in [6, 6.07) is 7.59. The maximum atomic E-state index is 13.0. The Morgan fingerprint density at radius 3 is 2.41 bits per heavy atom. The van der Waals surface area contributed by atoms with Crippen LogP contribution in [0.15, 0.2) is 30.3 Å². The molecule has 3 rings (SSSR count). The fourth-order valence-corrected chi connectivity index (χ4v) is 5.60. The molecule has 1 aliphatic carbocycles. The minimum Gasteiger partial charge on any atom is -0.496 e. The number of hydrogen-bond donors (Lipinski definition) is 0. The van der Waals surface area contributed by atoms with E-state index in [1.54, 1.807) is 29.4 Å². The number of para-hydroxylation sites is 1. The smallest absolute Gasteiger partial charge is 0.282 e. The fourth-order valence-electron chi connectivity index (χ4n) is 4.02. The van der Waals surface area contributed by atoms with Crippen molar-refractivity contribution < 1.29 is 17.9 Å². The summed E-state index contributed by atoms with van der Waals surface area (Å²) >= 11 is 0. The highest BCUT2D eigenvalue weighted by molar-refractivity contribution is 7.86. The normalized spacial score (nSPS) is 19.8. The molecule has 0 spiro atoms. The molecule has 1 saturated carbocycles. The molecule has 1 aromatic rings. The van der Waals surface area contributed by atoms with Gasteiger partial charge in [0.25, 0.3) is 10.2 Å². The quantitative estimate of drug-likeness (QED) is 0.661. The van der Waals surface area contributed by atoms with Gasteiger partial charge in [-0.2, -0.15) is 17.0 Å². The average Bonchev–Trinajstić information content (AvgIpc) is 2.77.